The first-order valence-electron chi connectivity index (χ1n) is 6.46. The molecule has 0 saturated heterocycles. The predicted molar refractivity (Wildman–Crippen MR) is 85.1 cm³/mol. The number of H-pyrrole nitrogens is 2. The van der Waals surface area contributed by atoms with Crippen LogP contribution in [0.4, 0.5) is 0 Å². The highest BCUT2D eigenvalue weighted by atomic mass is 32.2. The minimum atomic E-state index is -4.25. The molecular weight excluding hydrogens is 340 g/mol. The third-order valence-corrected chi connectivity index (χ3v) is 4.12. The monoisotopic (exact) mass is 354 g/mol. The highest BCUT2D eigenvalue weighted by Gasteiger charge is 2.17. The van der Waals surface area contributed by atoms with Gasteiger partial charge in [0.05, 0.1) is 20.4 Å². The molecule has 2 aromatic rings. The summed E-state index contributed by atoms with van der Waals surface area (Å²) in [5.41, 5.74) is -1.42. The average molecular weight is 354 g/mol. The second kappa shape index (κ2) is 7.00. The van der Waals surface area contributed by atoms with Crippen molar-refractivity contribution in [3.05, 3.63) is 50.8 Å². The Morgan fingerprint density at radius 3 is 2.58 bits per heavy atom. The van der Waals surface area contributed by atoms with Crippen molar-refractivity contribution in [1.82, 2.24) is 14.8 Å². The molecule has 24 heavy (non-hydrogen) atoms. The minimum absolute atomic E-state index is 0.445. The largest absolute Gasteiger partial charge is 0.497 e. The number of hydrogen-bond acceptors (Lipinski definition) is 7. The van der Waals surface area contributed by atoms with Crippen LogP contribution in [-0.2, 0) is 10.0 Å². The summed E-state index contributed by atoms with van der Waals surface area (Å²) in [5.74, 6) is 0.970. The van der Waals surface area contributed by atoms with Crippen LogP contribution in [0.25, 0.3) is 0 Å². The first-order chi connectivity index (χ1) is 11.4. The van der Waals surface area contributed by atoms with Crippen LogP contribution in [0.1, 0.15) is 5.56 Å². The second-order valence-corrected chi connectivity index (χ2v) is 6.03. The predicted octanol–water partition coefficient (Wildman–Crippen LogP) is -0.607. The van der Waals surface area contributed by atoms with Gasteiger partial charge in [0.2, 0.25) is 0 Å². The standard InChI is InChI=1S/C13H14N4O6S/c1-22-9-3-4-10(23-2)8(5-9)6-15-17-24(20,21)11-7-14-13(19)16-12(11)18/h3-7,17H,1-2H3,(H2,14,16,18,19)/b15-6+. The van der Waals surface area contributed by atoms with Gasteiger partial charge in [-0.15, -0.1) is 0 Å². The van der Waals surface area contributed by atoms with Crippen molar-refractivity contribution in [2.45, 2.75) is 4.90 Å². The van der Waals surface area contributed by atoms with Crippen LogP contribution in [0.3, 0.4) is 0 Å². The van der Waals surface area contributed by atoms with E-state index < -0.39 is 26.2 Å². The molecule has 0 amide bonds. The summed E-state index contributed by atoms with van der Waals surface area (Å²) in [5, 5.41) is 3.59. The molecule has 0 aliphatic heterocycles. The van der Waals surface area contributed by atoms with Crippen molar-refractivity contribution in [1.29, 1.82) is 0 Å². The molecule has 0 unspecified atom stereocenters. The topological polar surface area (TPSA) is 143 Å². The summed E-state index contributed by atoms with van der Waals surface area (Å²) in [6.45, 7) is 0. The summed E-state index contributed by atoms with van der Waals surface area (Å²) in [7, 11) is -1.32. The number of hydrazone groups is 1. The Morgan fingerprint density at radius 2 is 1.96 bits per heavy atom. The van der Waals surface area contributed by atoms with Crippen LogP contribution < -0.4 is 25.6 Å². The molecule has 0 aliphatic carbocycles. The summed E-state index contributed by atoms with van der Waals surface area (Å²) in [6.07, 6.45) is 1.98. The van der Waals surface area contributed by atoms with E-state index in [1.54, 1.807) is 18.2 Å². The van der Waals surface area contributed by atoms with Gasteiger partial charge in [0.1, 0.15) is 11.5 Å². The highest BCUT2D eigenvalue weighted by molar-refractivity contribution is 7.89. The molecule has 0 aliphatic rings. The lowest BCUT2D eigenvalue weighted by atomic mass is 10.2. The molecule has 0 bridgehead atoms. The number of nitrogens with one attached hydrogen (secondary N) is 3. The maximum Gasteiger partial charge on any atom is 0.325 e. The highest BCUT2D eigenvalue weighted by Crippen LogP contribution is 2.22. The van der Waals surface area contributed by atoms with Gasteiger partial charge in [0.15, 0.2) is 4.90 Å². The fourth-order valence-corrected chi connectivity index (χ4v) is 2.55. The number of nitrogens with zero attached hydrogens (tertiary/aromatic N) is 1. The van der Waals surface area contributed by atoms with Crippen LogP contribution in [-0.4, -0.2) is 38.8 Å². The molecule has 128 valence electrons. The van der Waals surface area contributed by atoms with Crippen LogP contribution in [0, 0.1) is 0 Å². The molecule has 2 rings (SSSR count). The van der Waals surface area contributed by atoms with Crippen LogP contribution in [0.15, 0.2) is 44.0 Å². The SMILES string of the molecule is COc1ccc(OC)c(/C=N/NS(=O)(=O)c2c[nH]c(=O)[nH]c2=O)c1. The Bertz CT molecular complexity index is 976. The van der Waals surface area contributed by atoms with Crippen molar-refractivity contribution in [3.8, 4) is 11.5 Å². The lowest BCUT2D eigenvalue weighted by Gasteiger charge is -2.07. The molecule has 1 aromatic carbocycles. The minimum Gasteiger partial charge on any atom is -0.497 e. The van der Waals surface area contributed by atoms with Crippen molar-refractivity contribution in [2.75, 3.05) is 14.2 Å². The number of sulfonamides is 1. The quantitative estimate of drug-likeness (QED) is 0.467. The third kappa shape index (κ3) is 3.81. The van der Waals surface area contributed by atoms with Crippen molar-refractivity contribution in [2.24, 2.45) is 5.10 Å². The molecule has 0 radical (unpaired) electrons. The Balaban J connectivity index is 2.28. The number of ether oxygens (including phenoxy) is 2. The van der Waals surface area contributed by atoms with Gasteiger partial charge < -0.3 is 14.5 Å². The lowest BCUT2D eigenvalue weighted by molar-refractivity contribution is 0.402. The molecule has 1 aromatic heterocycles. The molecule has 10 nitrogen and oxygen atoms in total. The molecular formula is C13H14N4O6S. The fourth-order valence-electron chi connectivity index (χ4n) is 1.75. The number of aromatic nitrogens is 2. The maximum atomic E-state index is 12.0. The summed E-state index contributed by atoms with van der Waals surface area (Å²) < 4.78 is 34.2. The summed E-state index contributed by atoms with van der Waals surface area (Å²) in [4.78, 5) is 27.5. The van der Waals surface area contributed by atoms with Crippen molar-refractivity contribution >= 4 is 16.2 Å². The lowest BCUT2D eigenvalue weighted by Crippen LogP contribution is -2.31. The Kier molecular flexibility index (Phi) is 5.04. The van der Waals surface area contributed by atoms with Gasteiger partial charge in [-0.05, 0) is 18.2 Å². The van der Waals surface area contributed by atoms with Crippen molar-refractivity contribution in [3.63, 3.8) is 0 Å². The molecule has 0 atom stereocenters. The van der Waals surface area contributed by atoms with Crippen LogP contribution >= 0.6 is 0 Å². The van der Waals surface area contributed by atoms with E-state index >= 15 is 0 Å². The number of aromatic amines is 2. The zero-order valence-electron chi connectivity index (χ0n) is 12.7. The maximum absolute atomic E-state index is 12.0. The third-order valence-electron chi connectivity index (χ3n) is 2.89. The molecule has 11 heteroatoms. The van der Waals surface area contributed by atoms with E-state index in [0.717, 1.165) is 6.20 Å². The molecule has 0 spiro atoms. The van der Waals surface area contributed by atoms with Gasteiger partial charge in [-0.25, -0.2) is 4.79 Å². The zero-order valence-corrected chi connectivity index (χ0v) is 13.5. The number of methoxy groups -OCH3 is 2. The van der Waals surface area contributed by atoms with E-state index in [0.29, 0.717) is 17.1 Å². The number of hydrogen-bond donors (Lipinski definition) is 3. The van der Waals surface area contributed by atoms with E-state index in [9.17, 15) is 18.0 Å². The first-order valence-corrected chi connectivity index (χ1v) is 7.94. The van der Waals surface area contributed by atoms with E-state index in [4.69, 9.17) is 9.47 Å². The Labute approximate surface area is 136 Å². The number of rotatable bonds is 6. The smallest absolute Gasteiger partial charge is 0.325 e. The van der Waals surface area contributed by atoms with Gasteiger partial charge in [0, 0.05) is 11.8 Å². The van der Waals surface area contributed by atoms with E-state index in [1.165, 1.54) is 20.4 Å². The Morgan fingerprint density at radius 1 is 1.21 bits per heavy atom. The normalized spacial score (nSPS) is 11.4. The van der Waals surface area contributed by atoms with Crippen molar-refractivity contribution < 1.29 is 17.9 Å². The van der Waals surface area contributed by atoms with Crippen LogP contribution in [0.5, 0.6) is 11.5 Å². The fraction of sp³-hybridized carbons (Fsp3) is 0.154. The van der Waals surface area contributed by atoms with E-state index in [-0.39, 0.29) is 0 Å². The second-order valence-electron chi connectivity index (χ2n) is 4.40. The van der Waals surface area contributed by atoms with Gasteiger partial charge in [-0.1, -0.05) is 0 Å². The van der Waals surface area contributed by atoms with Gasteiger partial charge in [-0.3, -0.25) is 9.78 Å². The molecule has 1 heterocycles. The Hall–Kier alpha value is -3.08. The summed E-state index contributed by atoms with van der Waals surface area (Å²) in [6, 6.07) is 4.88. The van der Waals surface area contributed by atoms with Gasteiger partial charge >= 0.3 is 5.69 Å². The summed E-state index contributed by atoms with van der Waals surface area (Å²) >= 11 is 0. The molecule has 0 fully saturated rings. The first kappa shape index (κ1) is 17.3. The van der Waals surface area contributed by atoms with Gasteiger partial charge in [0.25, 0.3) is 15.6 Å². The number of benzene rings is 1. The van der Waals surface area contributed by atoms with Crippen LogP contribution in [0.2, 0.25) is 0 Å². The zero-order chi connectivity index (χ0) is 17.7. The van der Waals surface area contributed by atoms with Gasteiger partial charge in [-0.2, -0.15) is 18.4 Å². The average Bonchev–Trinajstić information content (AvgIpc) is 2.54. The van der Waals surface area contributed by atoms with E-state index in [1.807, 2.05) is 9.82 Å². The molecule has 3 N–H and O–H groups in total. The molecule has 0 saturated carbocycles. The van der Waals surface area contributed by atoms with E-state index in [2.05, 4.69) is 10.1 Å².